The number of hydrogen-bond acceptors (Lipinski definition) is 6. The molecular formula is C22H22FN5O2S. The lowest BCUT2D eigenvalue weighted by atomic mass is 9.94. The summed E-state index contributed by atoms with van der Waals surface area (Å²) in [7, 11) is 0. The second kappa shape index (κ2) is 9.74. The van der Waals surface area contributed by atoms with E-state index in [0.29, 0.717) is 5.56 Å². The molecule has 4 rings (SSSR count). The average molecular weight is 440 g/mol. The molecule has 1 N–H and O–H groups in total. The molecule has 0 aliphatic heterocycles. The third kappa shape index (κ3) is 4.77. The van der Waals surface area contributed by atoms with Crippen LogP contribution in [-0.4, -0.2) is 32.4 Å². The molecule has 9 heteroatoms. The topological polar surface area (TPSA) is 88.1 Å². The molecule has 0 bridgehead atoms. The van der Waals surface area contributed by atoms with Crippen molar-refractivity contribution in [3.05, 3.63) is 71.2 Å². The normalized spacial score (nSPS) is 15.3. The number of carbonyl (C=O) groups excluding carboxylic acids is 2. The molecule has 1 aromatic carbocycles. The molecular weight excluding hydrogens is 417 g/mol. The van der Waals surface area contributed by atoms with Gasteiger partial charge in [-0.15, -0.1) is 5.10 Å². The molecule has 160 valence electrons. The van der Waals surface area contributed by atoms with Crippen LogP contribution in [0.5, 0.6) is 0 Å². The molecule has 1 aliphatic carbocycles. The number of benzene rings is 1. The van der Waals surface area contributed by atoms with E-state index in [-0.39, 0.29) is 23.3 Å². The van der Waals surface area contributed by atoms with Crippen LogP contribution in [0.25, 0.3) is 0 Å². The molecule has 31 heavy (non-hydrogen) atoms. The summed E-state index contributed by atoms with van der Waals surface area (Å²) in [5, 5.41) is 8.42. The fourth-order valence-corrected chi connectivity index (χ4v) is 4.31. The van der Waals surface area contributed by atoms with Gasteiger partial charge in [0.2, 0.25) is 5.91 Å². The minimum absolute atomic E-state index is 0.00102. The Morgan fingerprint density at radius 1 is 1.10 bits per heavy atom. The minimum atomic E-state index is -1.09. The number of anilines is 1. The van der Waals surface area contributed by atoms with Crippen molar-refractivity contribution in [3.8, 4) is 0 Å². The Morgan fingerprint density at radius 2 is 1.84 bits per heavy atom. The van der Waals surface area contributed by atoms with Crippen LogP contribution in [0.2, 0.25) is 0 Å². The van der Waals surface area contributed by atoms with E-state index in [0.717, 1.165) is 43.6 Å². The zero-order valence-electron chi connectivity index (χ0n) is 16.8. The van der Waals surface area contributed by atoms with Crippen LogP contribution in [0.3, 0.4) is 0 Å². The van der Waals surface area contributed by atoms with E-state index in [4.69, 9.17) is 0 Å². The van der Waals surface area contributed by atoms with Gasteiger partial charge in [-0.2, -0.15) is 0 Å². The Labute approximate surface area is 183 Å². The number of aromatic nitrogens is 3. The smallest absolute Gasteiger partial charge is 0.280 e. The predicted octanol–water partition coefficient (Wildman–Crippen LogP) is 3.91. The highest BCUT2D eigenvalue weighted by Gasteiger charge is 2.36. The van der Waals surface area contributed by atoms with E-state index < -0.39 is 17.8 Å². The summed E-state index contributed by atoms with van der Waals surface area (Å²) in [5.74, 6) is -1.57. The minimum Gasteiger partial charge on any atom is -0.351 e. The highest BCUT2D eigenvalue weighted by Crippen LogP contribution is 2.32. The van der Waals surface area contributed by atoms with Crippen LogP contribution < -0.4 is 10.2 Å². The molecule has 3 aromatic rings. The van der Waals surface area contributed by atoms with Crippen molar-refractivity contribution in [2.75, 3.05) is 4.90 Å². The van der Waals surface area contributed by atoms with Crippen molar-refractivity contribution in [2.24, 2.45) is 0 Å². The van der Waals surface area contributed by atoms with Crippen molar-refractivity contribution >= 4 is 29.0 Å². The third-order valence-corrected chi connectivity index (χ3v) is 5.89. The summed E-state index contributed by atoms with van der Waals surface area (Å²) in [6.45, 7) is 0. The first-order valence-corrected chi connectivity index (χ1v) is 11.0. The van der Waals surface area contributed by atoms with Gasteiger partial charge in [0.25, 0.3) is 5.91 Å². The lowest BCUT2D eigenvalue weighted by Gasteiger charge is -2.33. The summed E-state index contributed by atoms with van der Waals surface area (Å²) in [6.07, 6.45) is 8.11. The first-order valence-electron chi connectivity index (χ1n) is 10.2. The van der Waals surface area contributed by atoms with Gasteiger partial charge in [-0.1, -0.05) is 35.9 Å². The van der Waals surface area contributed by atoms with Gasteiger partial charge in [-0.25, -0.2) is 4.39 Å². The SMILES string of the molecule is O=C(NC1CCCCC1)[C@@H](c1ccncc1)N(C(=O)c1csnn1)c1ccccc1F. The monoisotopic (exact) mass is 439 g/mol. The number of nitrogens with zero attached hydrogens (tertiary/aromatic N) is 4. The van der Waals surface area contributed by atoms with Crippen LogP contribution in [0.4, 0.5) is 10.1 Å². The van der Waals surface area contributed by atoms with Gasteiger partial charge in [0.05, 0.1) is 5.69 Å². The second-order valence-electron chi connectivity index (χ2n) is 7.44. The zero-order valence-corrected chi connectivity index (χ0v) is 17.6. The number of pyridine rings is 1. The number of amides is 2. The Hall–Kier alpha value is -3.20. The summed E-state index contributed by atoms with van der Waals surface area (Å²) >= 11 is 1.02. The standard InChI is InChI=1S/C22H22FN5O2S/c23-17-8-4-5-9-19(17)28(22(30)18-14-31-27-26-18)20(15-10-12-24-13-11-15)21(29)25-16-6-2-1-3-7-16/h4-5,8-14,16,20H,1-3,6-7H2,(H,25,29)/t20-/m1/s1. The van der Waals surface area contributed by atoms with E-state index in [1.54, 1.807) is 30.6 Å². The molecule has 2 aromatic heterocycles. The Bertz CT molecular complexity index is 1030. The first kappa shape index (κ1) is 21.0. The molecule has 0 radical (unpaired) electrons. The molecule has 1 fully saturated rings. The maximum Gasteiger partial charge on any atom is 0.280 e. The van der Waals surface area contributed by atoms with E-state index >= 15 is 0 Å². The van der Waals surface area contributed by atoms with Gasteiger partial charge in [-0.05, 0) is 54.2 Å². The van der Waals surface area contributed by atoms with Crippen LogP contribution in [-0.2, 0) is 4.79 Å². The quantitative estimate of drug-likeness (QED) is 0.629. The van der Waals surface area contributed by atoms with Gasteiger partial charge >= 0.3 is 0 Å². The molecule has 2 amide bonds. The van der Waals surface area contributed by atoms with E-state index in [9.17, 15) is 14.0 Å². The lowest BCUT2D eigenvalue weighted by Crippen LogP contribution is -2.47. The number of para-hydroxylation sites is 1. The summed E-state index contributed by atoms with van der Waals surface area (Å²) in [6, 6.07) is 8.17. The van der Waals surface area contributed by atoms with Gasteiger partial charge < -0.3 is 5.32 Å². The molecule has 1 aliphatic rings. The lowest BCUT2D eigenvalue weighted by molar-refractivity contribution is -0.123. The highest BCUT2D eigenvalue weighted by atomic mass is 32.1. The summed E-state index contributed by atoms with van der Waals surface area (Å²) in [4.78, 5) is 32.2. The molecule has 0 spiro atoms. The Kier molecular flexibility index (Phi) is 6.61. The fraction of sp³-hybridized carbons (Fsp3) is 0.318. The number of rotatable bonds is 6. The molecule has 1 saturated carbocycles. The molecule has 1 atom stereocenters. The van der Waals surface area contributed by atoms with Crippen LogP contribution in [0.15, 0.2) is 54.2 Å². The maximum absolute atomic E-state index is 14.9. The first-order chi connectivity index (χ1) is 15.1. The van der Waals surface area contributed by atoms with Crippen molar-refractivity contribution in [1.82, 2.24) is 19.9 Å². The Balaban J connectivity index is 1.78. The Morgan fingerprint density at radius 3 is 2.52 bits per heavy atom. The highest BCUT2D eigenvalue weighted by molar-refractivity contribution is 7.03. The zero-order chi connectivity index (χ0) is 21.6. The van der Waals surface area contributed by atoms with Crippen molar-refractivity contribution < 1.29 is 14.0 Å². The molecule has 2 heterocycles. The number of hydrogen-bond donors (Lipinski definition) is 1. The molecule has 7 nitrogen and oxygen atoms in total. The second-order valence-corrected chi connectivity index (χ2v) is 8.05. The van der Waals surface area contributed by atoms with Gasteiger partial charge in [0, 0.05) is 23.8 Å². The van der Waals surface area contributed by atoms with E-state index in [2.05, 4.69) is 19.9 Å². The van der Waals surface area contributed by atoms with E-state index in [1.165, 1.54) is 28.5 Å². The van der Waals surface area contributed by atoms with Crippen LogP contribution in [0.1, 0.15) is 54.2 Å². The predicted molar refractivity (Wildman–Crippen MR) is 115 cm³/mol. The van der Waals surface area contributed by atoms with Crippen molar-refractivity contribution in [1.29, 1.82) is 0 Å². The molecule has 0 saturated heterocycles. The van der Waals surface area contributed by atoms with Crippen LogP contribution >= 0.6 is 11.5 Å². The average Bonchev–Trinajstić information content (AvgIpc) is 3.34. The van der Waals surface area contributed by atoms with Crippen molar-refractivity contribution in [3.63, 3.8) is 0 Å². The van der Waals surface area contributed by atoms with Gasteiger partial charge in [0.1, 0.15) is 11.9 Å². The largest absolute Gasteiger partial charge is 0.351 e. The van der Waals surface area contributed by atoms with E-state index in [1.807, 2.05) is 0 Å². The third-order valence-electron chi connectivity index (χ3n) is 5.39. The van der Waals surface area contributed by atoms with Crippen molar-refractivity contribution in [2.45, 2.75) is 44.2 Å². The fourth-order valence-electron chi connectivity index (χ4n) is 3.88. The number of halogens is 1. The molecule has 0 unspecified atom stereocenters. The summed E-state index contributed by atoms with van der Waals surface area (Å²) in [5.41, 5.74) is 0.585. The van der Waals surface area contributed by atoms with Gasteiger partial charge in [0.15, 0.2) is 5.69 Å². The maximum atomic E-state index is 14.9. The number of nitrogens with one attached hydrogen (secondary N) is 1. The summed E-state index contributed by atoms with van der Waals surface area (Å²) < 4.78 is 18.6. The number of carbonyl (C=O) groups is 2. The van der Waals surface area contributed by atoms with Crippen LogP contribution in [0, 0.1) is 5.82 Å². The van der Waals surface area contributed by atoms with Gasteiger partial charge in [-0.3, -0.25) is 19.5 Å².